The summed E-state index contributed by atoms with van der Waals surface area (Å²) in [4.78, 5) is 22.9. The van der Waals surface area contributed by atoms with Gasteiger partial charge < -0.3 is 9.64 Å². The summed E-state index contributed by atoms with van der Waals surface area (Å²) in [6.07, 6.45) is 3.17. The molecule has 0 spiro atoms. The number of nitrogens with zero attached hydrogens (tertiary/aromatic N) is 5. The molecule has 3 aromatic rings. The van der Waals surface area contributed by atoms with E-state index in [-0.39, 0.29) is 17.5 Å². The second kappa shape index (κ2) is 8.15. The van der Waals surface area contributed by atoms with Crippen molar-refractivity contribution < 1.29 is 9.13 Å². The van der Waals surface area contributed by atoms with Crippen molar-refractivity contribution in [3.05, 3.63) is 69.4 Å². The van der Waals surface area contributed by atoms with Crippen LogP contribution in [0.4, 0.5) is 10.3 Å². The van der Waals surface area contributed by atoms with Crippen LogP contribution in [0.15, 0.2) is 58.1 Å². The third kappa shape index (κ3) is 4.26. The average molecular weight is 446 g/mol. The lowest BCUT2D eigenvalue weighted by molar-refractivity contribution is 0.0260. The number of ether oxygens (including phenoxy) is 1. The molecule has 4 rings (SSSR count). The number of halogens is 2. The Morgan fingerprint density at radius 3 is 2.64 bits per heavy atom. The number of hydrogen-bond acceptors (Lipinski definition) is 6. The first kappa shape index (κ1) is 18.7. The molecule has 0 N–H and O–H groups in total. The van der Waals surface area contributed by atoms with E-state index in [9.17, 15) is 9.18 Å². The number of hydrogen-bond donors (Lipinski definition) is 0. The molecule has 1 atom stereocenters. The molecule has 0 amide bonds. The second-order valence-corrected chi connectivity index (χ2v) is 7.30. The van der Waals surface area contributed by atoms with Crippen LogP contribution in [0.25, 0.3) is 11.3 Å². The summed E-state index contributed by atoms with van der Waals surface area (Å²) >= 11 is 3.33. The third-order valence-corrected chi connectivity index (χ3v) is 4.82. The first-order valence-electron chi connectivity index (χ1n) is 8.77. The van der Waals surface area contributed by atoms with Crippen LogP contribution in [0.3, 0.4) is 0 Å². The van der Waals surface area contributed by atoms with Crippen LogP contribution in [0.2, 0.25) is 0 Å². The zero-order valence-electron chi connectivity index (χ0n) is 14.8. The van der Waals surface area contributed by atoms with E-state index in [1.807, 2.05) is 4.90 Å². The predicted octanol–water partition coefficient (Wildman–Crippen LogP) is 2.51. The van der Waals surface area contributed by atoms with E-state index < -0.39 is 0 Å². The summed E-state index contributed by atoms with van der Waals surface area (Å²) in [7, 11) is 0. The zero-order valence-corrected chi connectivity index (χ0v) is 16.4. The minimum atomic E-state index is -0.317. The van der Waals surface area contributed by atoms with Crippen molar-refractivity contribution >= 4 is 21.9 Å². The summed E-state index contributed by atoms with van der Waals surface area (Å²) in [5, 5.41) is 4.42. The summed E-state index contributed by atoms with van der Waals surface area (Å²) in [6.45, 7) is 2.05. The van der Waals surface area contributed by atoms with Gasteiger partial charge in [0.05, 0.1) is 29.4 Å². The molecule has 0 unspecified atom stereocenters. The van der Waals surface area contributed by atoms with E-state index >= 15 is 0 Å². The van der Waals surface area contributed by atoms with Gasteiger partial charge in [0.2, 0.25) is 5.95 Å². The molecule has 7 nitrogen and oxygen atoms in total. The van der Waals surface area contributed by atoms with E-state index in [0.717, 1.165) is 10.0 Å². The minimum absolute atomic E-state index is 0.216. The van der Waals surface area contributed by atoms with Crippen molar-refractivity contribution in [2.75, 3.05) is 24.6 Å². The average Bonchev–Trinajstić information content (AvgIpc) is 2.71. The van der Waals surface area contributed by atoms with E-state index in [1.165, 1.54) is 22.9 Å². The summed E-state index contributed by atoms with van der Waals surface area (Å²) < 4.78 is 21.2. The van der Waals surface area contributed by atoms with Crippen molar-refractivity contribution in [1.82, 2.24) is 19.7 Å². The van der Waals surface area contributed by atoms with Crippen LogP contribution in [0, 0.1) is 5.82 Å². The van der Waals surface area contributed by atoms with Crippen molar-refractivity contribution in [1.29, 1.82) is 0 Å². The number of morpholine rings is 1. The number of rotatable bonds is 4. The maximum absolute atomic E-state index is 13.1. The fourth-order valence-electron chi connectivity index (χ4n) is 3.03. The first-order chi connectivity index (χ1) is 13.6. The smallest absolute Gasteiger partial charge is 0.266 e. The molecule has 144 valence electrons. The van der Waals surface area contributed by atoms with Crippen LogP contribution < -0.4 is 10.5 Å². The highest BCUT2D eigenvalue weighted by Gasteiger charge is 2.23. The Morgan fingerprint density at radius 2 is 1.89 bits per heavy atom. The normalized spacial score (nSPS) is 16.9. The first-order valence-corrected chi connectivity index (χ1v) is 9.56. The highest BCUT2D eigenvalue weighted by Crippen LogP contribution is 2.17. The van der Waals surface area contributed by atoms with Gasteiger partial charge in [0.25, 0.3) is 5.56 Å². The van der Waals surface area contributed by atoms with Gasteiger partial charge in [-0.3, -0.25) is 4.79 Å². The maximum Gasteiger partial charge on any atom is 0.266 e. The minimum Gasteiger partial charge on any atom is -0.373 e. The summed E-state index contributed by atoms with van der Waals surface area (Å²) in [5.74, 6) is 0.305. The molecule has 1 fully saturated rings. The van der Waals surface area contributed by atoms with E-state index in [0.29, 0.717) is 37.9 Å². The zero-order chi connectivity index (χ0) is 19.5. The Labute approximate surface area is 168 Å². The van der Waals surface area contributed by atoms with Gasteiger partial charge in [0.1, 0.15) is 5.82 Å². The molecule has 1 saturated heterocycles. The molecule has 2 aromatic heterocycles. The maximum atomic E-state index is 13.1. The molecule has 1 aliphatic heterocycles. The lowest BCUT2D eigenvalue weighted by Crippen LogP contribution is -2.46. The quantitative estimate of drug-likeness (QED) is 0.614. The molecule has 1 aliphatic rings. The van der Waals surface area contributed by atoms with Crippen LogP contribution >= 0.6 is 15.9 Å². The molecule has 9 heteroatoms. The fraction of sp³-hybridized carbons (Fsp3) is 0.263. The van der Waals surface area contributed by atoms with Gasteiger partial charge in [-0.25, -0.2) is 19.0 Å². The number of anilines is 1. The van der Waals surface area contributed by atoms with Gasteiger partial charge in [0.15, 0.2) is 0 Å². The molecule has 0 saturated carbocycles. The Kier molecular flexibility index (Phi) is 5.45. The molecule has 0 bridgehead atoms. The molecule has 0 radical (unpaired) electrons. The number of aromatic nitrogens is 4. The van der Waals surface area contributed by atoms with Gasteiger partial charge in [-0.2, -0.15) is 5.10 Å². The summed E-state index contributed by atoms with van der Waals surface area (Å²) in [5.41, 5.74) is 1.12. The van der Waals surface area contributed by atoms with Crippen molar-refractivity contribution in [3.63, 3.8) is 0 Å². The van der Waals surface area contributed by atoms with Gasteiger partial charge >= 0.3 is 0 Å². The molecular weight excluding hydrogens is 429 g/mol. The topological polar surface area (TPSA) is 73.1 Å². The SMILES string of the molecule is O=c1ccc(-c2ccc(F)cc2)nn1C[C@@H]1CN(c2ncc(Br)cn2)CCO1. The van der Waals surface area contributed by atoms with Crippen LogP contribution in [-0.2, 0) is 11.3 Å². The fourth-order valence-corrected chi connectivity index (χ4v) is 3.23. The second-order valence-electron chi connectivity index (χ2n) is 6.39. The largest absolute Gasteiger partial charge is 0.373 e. The van der Waals surface area contributed by atoms with Crippen molar-refractivity contribution in [3.8, 4) is 11.3 Å². The standard InChI is InChI=1S/C19H17BrFN5O2/c20-14-9-22-19(23-10-14)25-7-8-28-16(11-25)12-26-18(27)6-5-17(24-26)13-1-3-15(21)4-2-13/h1-6,9-10,16H,7-8,11-12H2/t16-/m0/s1. The monoisotopic (exact) mass is 445 g/mol. The van der Waals surface area contributed by atoms with E-state index in [4.69, 9.17) is 4.74 Å². The van der Waals surface area contributed by atoms with Crippen molar-refractivity contribution in [2.45, 2.75) is 12.6 Å². The highest BCUT2D eigenvalue weighted by atomic mass is 79.9. The molecule has 0 aliphatic carbocycles. The van der Waals surface area contributed by atoms with Crippen LogP contribution in [0.5, 0.6) is 0 Å². The summed E-state index contributed by atoms with van der Waals surface area (Å²) in [6, 6.07) is 9.10. The highest BCUT2D eigenvalue weighted by molar-refractivity contribution is 9.10. The van der Waals surface area contributed by atoms with E-state index in [2.05, 4.69) is 31.0 Å². The Morgan fingerprint density at radius 1 is 1.14 bits per heavy atom. The van der Waals surface area contributed by atoms with Gasteiger partial charge in [-0.05, 0) is 46.3 Å². The van der Waals surface area contributed by atoms with E-state index in [1.54, 1.807) is 30.6 Å². The van der Waals surface area contributed by atoms with Crippen molar-refractivity contribution in [2.24, 2.45) is 0 Å². The van der Waals surface area contributed by atoms with Gasteiger partial charge in [0, 0.05) is 37.1 Å². The Hall–Kier alpha value is -2.65. The molecular formula is C19H17BrFN5O2. The number of benzene rings is 1. The van der Waals surface area contributed by atoms with Crippen LogP contribution in [-0.4, -0.2) is 45.5 Å². The van der Waals surface area contributed by atoms with Gasteiger partial charge in [-0.1, -0.05) is 0 Å². The molecule has 28 heavy (non-hydrogen) atoms. The Bertz CT molecular complexity index is 1010. The van der Waals surface area contributed by atoms with Crippen LogP contribution in [0.1, 0.15) is 0 Å². The Balaban J connectivity index is 1.51. The lowest BCUT2D eigenvalue weighted by Gasteiger charge is -2.32. The van der Waals surface area contributed by atoms with Gasteiger partial charge in [-0.15, -0.1) is 0 Å². The lowest BCUT2D eigenvalue weighted by atomic mass is 10.1. The molecule has 1 aromatic carbocycles. The third-order valence-electron chi connectivity index (χ3n) is 4.41. The predicted molar refractivity (Wildman–Crippen MR) is 106 cm³/mol. The molecule has 3 heterocycles.